The molecule has 1 aliphatic rings. The Kier molecular flexibility index (Phi) is 6.28. The summed E-state index contributed by atoms with van der Waals surface area (Å²) in [4.78, 5) is 27.5. The smallest absolute Gasteiger partial charge is 0.416 e. The minimum atomic E-state index is -4.54. The molecule has 0 aliphatic carbocycles. The van der Waals surface area contributed by atoms with Gasteiger partial charge in [-0.15, -0.1) is 0 Å². The molecule has 0 bridgehead atoms. The van der Waals surface area contributed by atoms with E-state index in [1.54, 1.807) is 36.4 Å². The third-order valence-electron chi connectivity index (χ3n) is 6.16. The van der Waals surface area contributed by atoms with Crippen molar-refractivity contribution in [3.63, 3.8) is 0 Å². The maximum atomic E-state index is 13.2. The lowest BCUT2D eigenvalue weighted by molar-refractivity contribution is -0.137. The third kappa shape index (κ3) is 4.58. The number of ketones is 1. The minimum Gasteiger partial charge on any atom is -0.507 e. The molecule has 1 saturated heterocycles. The molecule has 7 heteroatoms. The van der Waals surface area contributed by atoms with E-state index in [9.17, 15) is 27.9 Å². The Morgan fingerprint density at radius 3 is 1.97 bits per heavy atom. The molecule has 1 unspecified atom stereocenters. The highest BCUT2D eigenvalue weighted by Gasteiger charge is 2.47. The van der Waals surface area contributed by atoms with Gasteiger partial charge in [-0.3, -0.25) is 14.5 Å². The number of aliphatic hydroxyl groups is 1. The molecule has 4 rings (SSSR count). The monoisotopic (exact) mass is 479 g/mol. The molecule has 1 heterocycles. The third-order valence-corrected chi connectivity index (χ3v) is 6.16. The second-order valence-electron chi connectivity index (χ2n) is 8.90. The fourth-order valence-corrected chi connectivity index (χ4v) is 4.16. The predicted octanol–water partition coefficient (Wildman–Crippen LogP) is 6.76. The first-order valence-corrected chi connectivity index (χ1v) is 11.1. The average Bonchev–Trinajstić information content (AvgIpc) is 3.09. The summed E-state index contributed by atoms with van der Waals surface area (Å²) >= 11 is 0. The number of aryl methyl sites for hydroxylation is 1. The lowest BCUT2D eigenvalue weighted by atomic mass is 9.93. The zero-order valence-electron chi connectivity index (χ0n) is 19.4. The van der Waals surface area contributed by atoms with Crippen molar-refractivity contribution in [3.8, 4) is 0 Å². The fraction of sp³-hybridized carbons (Fsp3) is 0.214. The van der Waals surface area contributed by atoms with Crippen LogP contribution < -0.4 is 4.90 Å². The number of carbonyl (C=O) groups excluding carboxylic acids is 2. The van der Waals surface area contributed by atoms with Crippen LogP contribution in [0.2, 0.25) is 0 Å². The van der Waals surface area contributed by atoms with Gasteiger partial charge < -0.3 is 5.11 Å². The molecular weight excluding hydrogens is 455 g/mol. The van der Waals surface area contributed by atoms with Crippen LogP contribution in [0.4, 0.5) is 18.9 Å². The van der Waals surface area contributed by atoms with Gasteiger partial charge in [-0.2, -0.15) is 13.2 Å². The standard InChI is InChI=1S/C28H24F3NO3/c1-16(2)18-8-10-19(11-9-18)24-23(25(33)20-6-4-17(3)5-7-20)26(34)27(35)32(24)22-14-12-21(13-15-22)28(29,30)31/h4-16,24,33H,1-3H3/b25-23+. The van der Waals surface area contributed by atoms with Gasteiger partial charge in [-0.25, -0.2) is 0 Å². The van der Waals surface area contributed by atoms with Crippen LogP contribution in [0.5, 0.6) is 0 Å². The van der Waals surface area contributed by atoms with Crippen LogP contribution in [0.3, 0.4) is 0 Å². The molecule has 3 aromatic rings. The predicted molar refractivity (Wildman–Crippen MR) is 128 cm³/mol. The van der Waals surface area contributed by atoms with Crippen molar-refractivity contribution in [2.24, 2.45) is 0 Å². The van der Waals surface area contributed by atoms with E-state index >= 15 is 0 Å². The van der Waals surface area contributed by atoms with Gasteiger partial charge in [0.1, 0.15) is 5.76 Å². The van der Waals surface area contributed by atoms with Crippen LogP contribution in [0, 0.1) is 6.92 Å². The van der Waals surface area contributed by atoms with E-state index in [0.29, 0.717) is 11.1 Å². The topological polar surface area (TPSA) is 57.6 Å². The summed E-state index contributed by atoms with van der Waals surface area (Å²) < 4.78 is 39.3. The number of carbonyl (C=O) groups is 2. The van der Waals surface area contributed by atoms with Crippen LogP contribution in [0.25, 0.3) is 5.76 Å². The Bertz CT molecular complexity index is 1290. The first kappa shape index (κ1) is 24.3. The Morgan fingerprint density at radius 1 is 0.886 bits per heavy atom. The zero-order valence-corrected chi connectivity index (χ0v) is 19.4. The summed E-state index contributed by atoms with van der Waals surface area (Å²) in [5, 5.41) is 11.1. The quantitative estimate of drug-likeness (QED) is 0.255. The number of amides is 1. The molecule has 3 aromatic carbocycles. The molecule has 0 radical (unpaired) electrons. The number of hydrogen-bond donors (Lipinski definition) is 1. The molecule has 35 heavy (non-hydrogen) atoms. The highest BCUT2D eigenvalue weighted by Crippen LogP contribution is 2.43. The Labute approximate surface area is 201 Å². The van der Waals surface area contributed by atoms with Gasteiger partial charge in [0.2, 0.25) is 0 Å². The van der Waals surface area contributed by atoms with Crippen molar-refractivity contribution >= 4 is 23.1 Å². The van der Waals surface area contributed by atoms with Crippen molar-refractivity contribution < 1.29 is 27.9 Å². The second-order valence-corrected chi connectivity index (χ2v) is 8.90. The summed E-state index contributed by atoms with van der Waals surface area (Å²) in [6, 6.07) is 17.2. The molecule has 0 spiro atoms. The lowest BCUT2D eigenvalue weighted by Crippen LogP contribution is -2.29. The molecule has 1 atom stereocenters. The van der Waals surface area contributed by atoms with Crippen LogP contribution >= 0.6 is 0 Å². The second kappa shape index (κ2) is 9.06. The van der Waals surface area contributed by atoms with Crippen molar-refractivity contribution in [2.75, 3.05) is 4.90 Å². The molecule has 180 valence electrons. The van der Waals surface area contributed by atoms with Crippen LogP contribution in [-0.4, -0.2) is 16.8 Å². The molecule has 1 aliphatic heterocycles. The largest absolute Gasteiger partial charge is 0.507 e. The number of benzene rings is 3. The number of hydrogen-bond acceptors (Lipinski definition) is 3. The van der Waals surface area contributed by atoms with E-state index in [4.69, 9.17) is 0 Å². The number of alkyl halides is 3. The number of aliphatic hydroxyl groups excluding tert-OH is 1. The van der Waals surface area contributed by atoms with E-state index in [2.05, 4.69) is 0 Å². The highest BCUT2D eigenvalue weighted by atomic mass is 19.4. The van der Waals surface area contributed by atoms with Crippen molar-refractivity contribution in [1.29, 1.82) is 0 Å². The molecule has 0 aromatic heterocycles. The Morgan fingerprint density at radius 2 is 1.46 bits per heavy atom. The number of anilines is 1. The molecule has 4 nitrogen and oxygen atoms in total. The van der Waals surface area contributed by atoms with Gasteiger partial charge in [0.25, 0.3) is 11.7 Å². The van der Waals surface area contributed by atoms with Gasteiger partial charge in [-0.05, 0) is 48.2 Å². The number of nitrogens with zero attached hydrogens (tertiary/aromatic N) is 1. The SMILES string of the molecule is Cc1ccc(/C(O)=C2\C(=O)C(=O)N(c3ccc(C(F)(F)F)cc3)C2c2ccc(C(C)C)cc2)cc1. The zero-order chi connectivity index (χ0) is 25.5. The summed E-state index contributed by atoms with van der Waals surface area (Å²) in [7, 11) is 0. The molecule has 0 saturated carbocycles. The van der Waals surface area contributed by atoms with E-state index in [1.165, 1.54) is 0 Å². The Balaban J connectivity index is 1.89. The summed E-state index contributed by atoms with van der Waals surface area (Å²) in [6.45, 7) is 5.94. The van der Waals surface area contributed by atoms with Gasteiger partial charge >= 0.3 is 6.18 Å². The number of halogens is 3. The van der Waals surface area contributed by atoms with E-state index in [0.717, 1.165) is 40.3 Å². The van der Waals surface area contributed by atoms with Gasteiger partial charge in [0.05, 0.1) is 17.2 Å². The average molecular weight is 479 g/mol. The van der Waals surface area contributed by atoms with Crippen molar-refractivity contribution in [2.45, 2.75) is 38.9 Å². The first-order chi connectivity index (χ1) is 16.5. The van der Waals surface area contributed by atoms with Gasteiger partial charge in [0, 0.05) is 11.3 Å². The van der Waals surface area contributed by atoms with Crippen molar-refractivity contribution in [3.05, 3.63) is 106 Å². The highest BCUT2D eigenvalue weighted by molar-refractivity contribution is 6.51. The Hall–Kier alpha value is -3.87. The van der Waals surface area contributed by atoms with E-state index in [1.807, 2.05) is 32.9 Å². The van der Waals surface area contributed by atoms with E-state index < -0.39 is 29.5 Å². The first-order valence-electron chi connectivity index (χ1n) is 11.1. The van der Waals surface area contributed by atoms with Crippen LogP contribution in [-0.2, 0) is 15.8 Å². The molecule has 1 N–H and O–H groups in total. The van der Waals surface area contributed by atoms with E-state index in [-0.39, 0.29) is 22.9 Å². The minimum absolute atomic E-state index is 0.115. The van der Waals surface area contributed by atoms with Crippen LogP contribution in [0.15, 0.2) is 78.4 Å². The van der Waals surface area contributed by atoms with Crippen molar-refractivity contribution in [1.82, 2.24) is 0 Å². The maximum absolute atomic E-state index is 13.2. The lowest BCUT2D eigenvalue weighted by Gasteiger charge is -2.26. The van der Waals surface area contributed by atoms with Gasteiger partial charge in [-0.1, -0.05) is 67.9 Å². The molecule has 1 fully saturated rings. The summed E-state index contributed by atoms with van der Waals surface area (Å²) in [6.07, 6.45) is -4.54. The molecule has 1 amide bonds. The summed E-state index contributed by atoms with van der Waals surface area (Å²) in [5.41, 5.74) is 2.06. The fourth-order valence-electron chi connectivity index (χ4n) is 4.16. The number of Topliss-reactive ketones (excluding diaryl/α,β-unsaturated/α-hetero) is 1. The summed E-state index contributed by atoms with van der Waals surface area (Å²) in [5.74, 6) is -1.91. The molecular formula is C28H24F3NO3. The maximum Gasteiger partial charge on any atom is 0.416 e. The normalized spacial score (nSPS) is 17.9. The number of rotatable bonds is 4. The van der Waals surface area contributed by atoms with Gasteiger partial charge in [0.15, 0.2) is 0 Å². The van der Waals surface area contributed by atoms with Crippen LogP contribution in [0.1, 0.15) is 53.6 Å².